The number of aryl methyl sites for hydroxylation is 2. The van der Waals surface area contributed by atoms with E-state index in [4.69, 9.17) is 0 Å². The van der Waals surface area contributed by atoms with Gasteiger partial charge >= 0.3 is 0 Å². The van der Waals surface area contributed by atoms with Crippen LogP contribution in [0.15, 0.2) is 35.5 Å². The number of hydrogen-bond acceptors (Lipinski definition) is 4. The first kappa shape index (κ1) is 19.6. The third kappa shape index (κ3) is 4.22. The first-order valence-corrected chi connectivity index (χ1v) is 10.8. The summed E-state index contributed by atoms with van der Waals surface area (Å²) < 4.78 is 29.0. The third-order valence-corrected chi connectivity index (χ3v) is 6.73. The highest BCUT2D eigenvalue weighted by Gasteiger charge is 2.33. The van der Waals surface area contributed by atoms with Crippen LogP contribution in [-0.2, 0) is 23.1 Å². The molecule has 0 aliphatic carbocycles. The number of rotatable bonds is 6. The predicted molar refractivity (Wildman–Crippen MR) is 103 cm³/mol. The van der Waals surface area contributed by atoms with Crippen molar-refractivity contribution in [2.45, 2.75) is 51.2 Å². The van der Waals surface area contributed by atoms with Gasteiger partial charge in [0.2, 0.25) is 5.03 Å². The quantitative estimate of drug-likeness (QED) is 0.820. The summed E-state index contributed by atoms with van der Waals surface area (Å²) in [7, 11) is -3.78. The third-order valence-electron chi connectivity index (χ3n) is 4.90. The maximum absolute atomic E-state index is 13.0. The van der Waals surface area contributed by atoms with Crippen LogP contribution in [0.25, 0.3) is 0 Å². The molecular formula is C19H26N4O3S. The Balaban J connectivity index is 1.85. The van der Waals surface area contributed by atoms with Crippen LogP contribution in [0.1, 0.15) is 47.7 Å². The Kier molecular flexibility index (Phi) is 5.96. The minimum Gasteiger partial charge on any atom is -0.348 e. The fourth-order valence-corrected chi connectivity index (χ4v) is 4.83. The molecule has 7 nitrogen and oxygen atoms in total. The summed E-state index contributed by atoms with van der Waals surface area (Å²) in [5, 5.41) is 6.88. The van der Waals surface area contributed by atoms with Crippen LogP contribution in [0, 0.1) is 6.92 Å². The second-order valence-corrected chi connectivity index (χ2v) is 8.63. The lowest BCUT2D eigenvalue weighted by atomic mass is 10.1. The summed E-state index contributed by atoms with van der Waals surface area (Å²) in [6.45, 7) is 5.62. The summed E-state index contributed by atoms with van der Waals surface area (Å²) in [6, 6.07) is 7.77. The van der Waals surface area contributed by atoms with Crippen LogP contribution in [0.2, 0.25) is 0 Å². The van der Waals surface area contributed by atoms with Gasteiger partial charge in [0, 0.05) is 32.4 Å². The molecule has 146 valence electrons. The Hall–Kier alpha value is -2.19. The molecule has 1 amide bonds. The van der Waals surface area contributed by atoms with Gasteiger partial charge in [-0.3, -0.25) is 9.48 Å². The molecule has 1 fully saturated rings. The average molecular weight is 391 g/mol. The molecular weight excluding hydrogens is 364 g/mol. The molecule has 3 rings (SSSR count). The minimum absolute atomic E-state index is 0.107. The molecule has 1 aromatic carbocycles. The van der Waals surface area contributed by atoms with E-state index in [0.717, 1.165) is 30.4 Å². The van der Waals surface area contributed by atoms with Gasteiger partial charge in [-0.15, -0.1) is 0 Å². The molecule has 1 saturated heterocycles. The zero-order valence-corrected chi connectivity index (χ0v) is 16.6. The second-order valence-electron chi connectivity index (χ2n) is 6.78. The van der Waals surface area contributed by atoms with E-state index in [1.54, 1.807) is 0 Å². The number of aromatic nitrogens is 2. The fourth-order valence-electron chi connectivity index (χ4n) is 3.22. The predicted octanol–water partition coefficient (Wildman–Crippen LogP) is 2.32. The summed E-state index contributed by atoms with van der Waals surface area (Å²) in [5.74, 6) is -0.423. The van der Waals surface area contributed by atoms with Gasteiger partial charge in [-0.1, -0.05) is 30.7 Å². The SMILES string of the molecule is CCn1cc(C(=O)NCc2ccccc2C)c(S(=O)(=O)N2CCCCC2)n1. The number of benzene rings is 1. The zero-order valence-electron chi connectivity index (χ0n) is 15.8. The van der Waals surface area contributed by atoms with Crippen molar-refractivity contribution in [2.75, 3.05) is 13.1 Å². The molecule has 0 atom stereocenters. The van der Waals surface area contributed by atoms with Crippen LogP contribution < -0.4 is 5.32 Å². The number of carbonyl (C=O) groups is 1. The first-order valence-electron chi connectivity index (χ1n) is 9.33. The molecule has 2 aromatic rings. The summed E-state index contributed by atoms with van der Waals surface area (Å²) in [4.78, 5) is 12.8. The van der Waals surface area contributed by atoms with Crippen molar-refractivity contribution >= 4 is 15.9 Å². The van der Waals surface area contributed by atoms with E-state index in [1.165, 1.54) is 15.2 Å². The highest BCUT2D eigenvalue weighted by atomic mass is 32.2. The van der Waals surface area contributed by atoms with Crippen LogP contribution in [0.5, 0.6) is 0 Å². The lowest BCUT2D eigenvalue weighted by molar-refractivity contribution is 0.0947. The lowest BCUT2D eigenvalue weighted by Gasteiger charge is -2.25. The maximum Gasteiger partial charge on any atom is 0.263 e. The Morgan fingerprint density at radius 2 is 1.89 bits per heavy atom. The largest absolute Gasteiger partial charge is 0.348 e. The summed E-state index contributed by atoms with van der Waals surface area (Å²) >= 11 is 0. The van der Waals surface area contributed by atoms with Crippen molar-refractivity contribution in [3.8, 4) is 0 Å². The zero-order chi connectivity index (χ0) is 19.4. The topological polar surface area (TPSA) is 84.3 Å². The van der Waals surface area contributed by atoms with Crippen molar-refractivity contribution in [3.63, 3.8) is 0 Å². The number of nitrogens with one attached hydrogen (secondary N) is 1. The number of sulfonamides is 1. The number of nitrogens with zero attached hydrogens (tertiary/aromatic N) is 3. The molecule has 2 heterocycles. The van der Waals surface area contributed by atoms with Crippen LogP contribution in [0.3, 0.4) is 0 Å². The first-order chi connectivity index (χ1) is 12.9. The summed E-state index contributed by atoms with van der Waals surface area (Å²) in [6.07, 6.45) is 4.22. The second kappa shape index (κ2) is 8.22. The van der Waals surface area contributed by atoms with Crippen LogP contribution in [-0.4, -0.2) is 41.5 Å². The smallest absolute Gasteiger partial charge is 0.263 e. The van der Waals surface area contributed by atoms with Gasteiger partial charge in [-0.25, -0.2) is 8.42 Å². The highest BCUT2D eigenvalue weighted by molar-refractivity contribution is 7.89. The van der Waals surface area contributed by atoms with Crippen molar-refractivity contribution in [2.24, 2.45) is 0 Å². The normalized spacial score (nSPS) is 15.6. The number of amides is 1. The van der Waals surface area contributed by atoms with Gasteiger partial charge in [-0.2, -0.15) is 9.40 Å². The average Bonchev–Trinajstić information content (AvgIpc) is 3.13. The van der Waals surface area contributed by atoms with Gasteiger partial charge in [0.05, 0.1) is 5.56 Å². The van der Waals surface area contributed by atoms with E-state index in [1.807, 2.05) is 38.1 Å². The monoisotopic (exact) mass is 390 g/mol. The van der Waals surface area contributed by atoms with E-state index in [2.05, 4.69) is 10.4 Å². The number of piperidine rings is 1. The van der Waals surface area contributed by atoms with Crippen molar-refractivity contribution in [3.05, 3.63) is 47.2 Å². The molecule has 1 N–H and O–H groups in total. The molecule has 0 spiro atoms. The van der Waals surface area contributed by atoms with E-state index in [-0.39, 0.29) is 10.6 Å². The van der Waals surface area contributed by atoms with E-state index in [0.29, 0.717) is 26.2 Å². The molecule has 0 saturated carbocycles. The van der Waals surface area contributed by atoms with Gasteiger partial charge in [0.1, 0.15) is 0 Å². The Morgan fingerprint density at radius 3 is 2.56 bits per heavy atom. The van der Waals surface area contributed by atoms with Crippen molar-refractivity contribution in [1.82, 2.24) is 19.4 Å². The molecule has 1 aliphatic rings. The number of carbonyl (C=O) groups excluding carboxylic acids is 1. The fraction of sp³-hybridized carbons (Fsp3) is 0.474. The van der Waals surface area contributed by atoms with E-state index in [9.17, 15) is 13.2 Å². The van der Waals surface area contributed by atoms with Crippen molar-refractivity contribution < 1.29 is 13.2 Å². The van der Waals surface area contributed by atoms with Gasteiger partial charge in [-0.05, 0) is 37.8 Å². The molecule has 27 heavy (non-hydrogen) atoms. The Bertz CT molecular complexity index is 915. The summed E-state index contributed by atoms with van der Waals surface area (Å²) in [5.41, 5.74) is 2.17. The molecule has 1 aromatic heterocycles. The molecule has 8 heteroatoms. The molecule has 0 unspecified atom stereocenters. The Labute approximate surface area is 160 Å². The molecule has 0 bridgehead atoms. The lowest BCUT2D eigenvalue weighted by Crippen LogP contribution is -2.37. The number of hydrogen-bond donors (Lipinski definition) is 1. The minimum atomic E-state index is -3.78. The molecule has 1 aliphatic heterocycles. The van der Waals surface area contributed by atoms with Crippen molar-refractivity contribution in [1.29, 1.82) is 0 Å². The maximum atomic E-state index is 13.0. The Morgan fingerprint density at radius 1 is 1.19 bits per heavy atom. The van der Waals surface area contributed by atoms with Crippen LogP contribution >= 0.6 is 0 Å². The highest BCUT2D eigenvalue weighted by Crippen LogP contribution is 2.22. The van der Waals surface area contributed by atoms with Crippen LogP contribution in [0.4, 0.5) is 0 Å². The van der Waals surface area contributed by atoms with Gasteiger partial charge in [0.25, 0.3) is 15.9 Å². The van der Waals surface area contributed by atoms with E-state index < -0.39 is 15.9 Å². The molecule has 0 radical (unpaired) electrons. The standard InChI is InChI=1S/C19H26N4O3S/c1-3-22-14-17(18(24)20-13-16-10-6-5-9-15(16)2)19(21-22)27(25,26)23-11-7-4-8-12-23/h5-6,9-10,14H,3-4,7-8,11-13H2,1-2H3,(H,20,24). The van der Waals surface area contributed by atoms with Gasteiger partial charge < -0.3 is 5.32 Å². The van der Waals surface area contributed by atoms with E-state index >= 15 is 0 Å². The van der Waals surface area contributed by atoms with Gasteiger partial charge in [0.15, 0.2) is 0 Å².